The molecule has 146 valence electrons. The van der Waals surface area contributed by atoms with Crippen LogP contribution < -0.4 is 5.32 Å². The van der Waals surface area contributed by atoms with Crippen LogP contribution in [0.2, 0.25) is 0 Å². The molecule has 0 saturated carbocycles. The highest BCUT2D eigenvalue weighted by Crippen LogP contribution is 2.43. The van der Waals surface area contributed by atoms with Gasteiger partial charge in [-0.05, 0) is 35.8 Å². The molecule has 1 rings (SSSR count). The lowest BCUT2D eigenvalue weighted by Crippen LogP contribution is -2.46. The van der Waals surface area contributed by atoms with E-state index in [1.165, 1.54) is 0 Å². The maximum atomic E-state index is 12.4. The van der Waals surface area contributed by atoms with Crippen LogP contribution in [0.4, 0.5) is 0 Å². The van der Waals surface area contributed by atoms with Gasteiger partial charge in [0.2, 0.25) is 5.91 Å². The van der Waals surface area contributed by atoms with Gasteiger partial charge in [-0.25, -0.2) is 4.79 Å². The molecule has 0 spiro atoms. The molecule has 0 fully saturated rings. The zero-order valence-corrected chi connectivity index (χ0v) is 16.4. The lowest BCUT2D eigenvalue weighted by Gasteiger charge is -2.22. The van der Waals surface area contributed by atoms with E-state index in [4.69, 9.17) is 0 Å². The molecule has 0 bridgehead atoms. The number of nitrogens with one attached hydrogen (secondary N) is 1. The Morgan fingerprint density at radius 2 is 1.62 bits per heavy atom. The average Bonchev–Trinajstić information content (AvgIpc) is 2.50. The topological polar surface area (TPSA) is 124 Å². The molecule has 2 atom stereocenters. The molecule has 1 unspecified atom stereocenters. The van der Waals surface area contributed by atoms with Crippen molar-refractivity contribution in [1.29, 1.82) is 0 Å². The number of hydrogen-bond donors (Lipinski definition) is 4. The lowest BCUT2D eigenvalue weighted by atomic mass is 10.00. The van der Waals surface area contributed by atoms with E-state index in [-0.39, 0.29) is 18.8 Å². The average molecular weight is 385 g/mol. The van der Waals surface area contributed by atoms with Gasteiger partial charge in [-0.15, -0.1) is 0 Å². The molecule has 0 radical (unpaired) electrons. The molecule has 0 saturated heterocycles. The van der Waals surface area contributed by atoms with E-state index in [0.717, 1.165) is 5.56 Å². The van der Waals surface area contributed by atoms with Crippen molar-refractivity contribution in [3.8, 4) is 0 Å². The maximum absolute atomic E-state index is 12.4. The molecule has 0 heterocycles. The third-order valence-corrected chi connectivity index (χ3v) is 5.33. The van der Waals surface area contributed by atoms with Crippen LogP contribution in [-0.4, -0.2) is 38.5 Å². The first-order valence-corrected chi connectivity index (χ1v) is 10.3. The molecule has 0 aliphatic carbocycles. The van der Waals surface area contributed by atoms with Crippen molar-refractivity contribution in [1.82, 2.24) is 5.32 Å². The second-order valence-corrected chi connectivity index (χ2v) is 9.04. The van der Waals surface area contributed by atoms with Crippen LogP contribution >= 0.6 is 7.60 Å². The normalized spacial score (nSPS) is 14.3. The van der Waals surface area contributed by atoms with Gasteiger partial charge in [0.15, 0.2) is 0 Å². The van der Waals surface area contributed by atoms with Gasteiger partial charge >= 0.3 is 13.6 Å². The molecular weight excluding hydrogens is 357 g/mol. The fraction of sp³-hybridized carbons (Fsp3) is 0.556. The van der Waals surface area contributed by atoms with Crippen LogP contribution in [0, 0.1) is 5.92 Å². The summed E-state index contributed by atoms with van der Waals surface area (Å²) in [5.41, 5.74) is 0.0591. The molecular formula is C18H28NO6P. The third-order valence-electron chi connectivity index (χ3n) is 4.11. The smallest absolute Gasteiger partial charge is 0.338 e. The van der Waals surface area contributed by atoms with Gasteiger partial charge in [0.1, 0.15) is 11.7 Å². The second-order valence-electron chi connectivity index (χ2n) is 7.23. The van der Waals surface area contributed by atoms with Crippen molar-refractivity contribution in [3.05, 3.63) is 35.4 Å². The molecule has 1 aromatic carbocycles. The summed E-state index contributed by atoms with van der Waals surface area (Å²) < 4.78 is 11.8. The minimum atomic E-state index is -4.75. The predicted molar refractivity (Wildman–Crippen MR) is 99.1 cm³/mol. The molecule has 8 heteroatoms. The molecule has 0 aromatic heterocycles. The highest BCUT2D eigenvalue weighted by Gasteiger charge is 2.37. The summed E-state index contributed by atoms with van der Waals surface area (Å²) in [4.78, 5) is 42.9. The number of carboxylic acid groups (broad SMARTS) is 1. The van der Waals surface area contributed by atoms with Gasteiger partial charge in [0, 0.05) is 0 Å². The quantitative estimate of drug-likeness (QED) is 0.484. The van der Waals surface area contributed by atoms with E-state index in [9.17, 15) is 29.0 Å². The van der Waals surface area contributed by atoms with Crippen LogP contribution in [0.3, 0.4) is 0 Å². The Morgan fingerprint density at radius 3 is 2.00 bits per heavy atom. The number of carbonyl (C=O) groups is 2. The Balaban J connectivity index is 2.97. The monoisotopic (exact) mass is 385 g/mol. The van der Waals surface area contributed by atoms with Gasteiger partial charge < -0.3 is 20.2 Å². The van der Waals surface area contributed by atoms with Crippen molar-refractivity contribution in [2.45, 2.75) is 58.2 Å². The first-order valence-electron chi connectivity index (χ1n) is 8.59. The van der Waals surface area contributed by atoms with E-state index in [1.54, 1.807) is 26.0 Å². The Labute approximate surface area is 154 Å². The largest absolute Gasteiger partial charge is 0.480 e. The first-order chi connectivity index (χ1) is 11.9. The fourth-order valence-electron chi connectivity index (χ4n) is 2.59. The number of hydrogen-bond acceptors (Lipinski definition) is 3. The highest BCUT2D eigenvalue weighted by molar-refractivity contribution is 7.53. The maximum Gasteiger partial charge on any atom is 0.338 e. The summed E-state index contributed by atoms with van der Waals surface area (Å²) in [5, 5.41) is 11.5. The minimum Gasteiger partial charge on any atom is -0.480 e. The zero-order chi connectivity index (χ0) is 20.1. The van der Waals surface area contributed by atoms with E-state index >= 15 is 0 Å². The van der Waals surface area contributed by atoms with E-state index in [2.05, 4.69) is 5.32 Å². The summed E-state index contributed by atoms with van der Waals surface area (Å²) in [5.74, 6) is -1.84. The van der Waals surface area contributed by atoms with Crippen molar-refractivity contribution in [3.63, 3.8) is 0 Å². The Bertz CT molecular complexity index is 665. The van der Waals surface area contributed by atoms with Gasteiger partial charge in [0.25, 0.3) is 0 Å². The van der Waals surface area contributed by atoms with Crippen LogP contribution in [-0.2, 0) is 20.6 Å². The van der Waals surface area contributed by atoms with Crippen LogP contribution in [0.15, 0.2) is 24.3 Å². The number of benzene rings is 1. The van der Waals surface area contributed by atoms with Crippen molar-refractivity contribution in [2.24, 2.45) is 5.92 Å². The predicted octanol–water partition coefficient (Wildman–Crippen LogP) is 2.51. The van der Waals surface area contributed by atoms with Crippen LogP contribution in [0.1, 0.15) is 51.2 Å². The standard InChI is InChI=1S/C18H28NO6P/c1-11(2)9-15(18(21)22)19-17(20)16(26(23,24)25)10-13-5-7-14(8-6-13)12(3)4/h5-8,11-12,15-16H,9-10H2,1-4H3,(H,19,20)(H,21,22)(H2,23,24,25)/t15-,16?/m0/s1. The molecule has 1 amide bonds. The number of rotatable bonds is 9. The Hall–Kier alpha value is -1.69. The SMILES string of the molecule is CC(C)C[C@H](NC(=O)C(Cc1ccc(C(C)C)cc1)P(=O)(O)O)C(=O)O. The van der Waals surface area contributed by atoms with E-state index in [1.807, 2.05) is 26.0 Å². The molecule has 26 heavy (non-hydrogen) atoms. The third kappa shape index (κ3) is 6.90. The summed E-state index contributed by atoms with van der Waals surface area (Å²) in [6.45, 7) is 7.67. The van der Waals surface area contributed by atoms with Gasteiger partial charge in [-0.1, -0.05) is 52.0 Å². The van der Waals surface area contributed by atoms with E-state index < -0.39 is 31.2 Å². The summed E-state index contributed by atoms with van der Waals surface area (Å²) >= 11 is 0. The fourth-order valence-corrected chi connectivity index (χ4v) is 3.42. The summed E-state index contributed by atoms with van der Waals surface area (Å²) in [6, 6.07) is 5.99. The first kappa shape index (κ1) is 22.4. The number of aliphatic carboxylic acids is 1. The van der Waals surface area contributed by atoms with Crippen molar-refractivity contribution in [2.75, 3.05) is 0 Å². The molecule has 4 N–H and O–H groups in total. The zero-order valence-electron chi connectivity index (χ0n) is 15.5. The van der Waals surface area contributed by atoms with E-state index in [0.29, 0.717) is 11.5 Å². The summed E-state index contributed by atoms with van der Waals surface area (Å²) in [7, 11) is -4.75. The second kappa shape index (κ2) is 9.31. The summed E-state index contributed by atoms with van der Waals surface area (Å²) in [6.07, 6.45) is 0.0144. The van der Waals surface area contributed by atoms with Crippen molar-refractivity contribution < 1.29 is 29.0 Å². The number of carbonyl (C=O) groups excluding carboxylic acids is 1. The number of carboxylic acids is 1. The minimum absolute atomic E-state index is 0.00786. The Kier molecular flexibility index (Phi) is 8.00. The lowest BCUT2D eigenvalue weighted by molar-refractivity contribution is -0.142. The van der Waals surface area contributed by atoms with Gasteiger partial charge in [0.05, 0.1) is 0 Å². The molecule has 1 aromatic rings. The Morgan fingerprint density at radius 1 is 1.08 bits per heavy atom. The van der Waals surface area contributed by atoms with Crippen molar-refractivity contribution >= 4 is 19.5 Å². The molecule has 0 aliphatic rings. The van der Waals surface area contributed by atoms with Gasteiger partial charge in [-0.3, -0.25) is 9.36 Å². The highest BCUT2D eigenvalue weighted by atomic mass is 31.2. The molecule has 0 aliphatic heterocycles. The van der Waals surface area contributed by atoms with Gasteiger partial charge in [-0.2, -0.15) is 0 Å². The van der Waals surface area contributed by atoms with Crippen LogP contribution in [0.5, 0.6) is 0 Å². The number of amides is 1. The van der Waals surface area contributed by atoms with Crippen LogP contribution in [0.25, 0.3) is 0 Å². The molecule has 7 nitrogen and oxygen atoms in total.